The summed E-state index contributed by atoms with van der Waals surface area (Å²) in [6, 6.07) is 0. The SMILES string of the molecule is C1CCOC1.C1CCOC1.CC(C)[Si](C(C)C)(C(C)C)P([Si](C)(C)C)[Si](C(C)C)(C(C)C)C(C)C.CC(C)[Si](Cl)(C(C)C)C(C)C.CO.C[Si](C)(C)P.C[Si](C)(C)P([Si](C)(C)C)[Si](C)(C)C.[CH2-]CCC.[Li+]. The fourth-order valence-corrected chi connectivity index (χ4v) is 183. The Kier molecular flexibility index (Phi) is 52.1. The van der Waals surface area contributed by atoms with Gasteiger partial charge in [0.05, 0.1) is 54.2 Å². The van der Waals surface area contributed by atoms with Crippen LogP contribution >= 0.6 is 33.0 Å². The van der Waals surface area contributed by atoms with E-state index in [1.54, 1.807) is 0 Å². The van der Waals surface area contributed by atoms with Crippen LogP contribution in [0.2, 0.25) is 148 Å². The number of unbranched alkanes of at least 4 members (excludes halogenated alkanes) is 1. The van der Waals surface area contributed by atoms with Gasteiger partial charge in [0.1, 0.15) is 0 Å². The van der Waals surface area contributed by atoms with Crippen molar-refractivity contribution in [3.63, 3.8) is 0 Å². The smallest absolute Gasteiger partial charge is 0.400 e. The molecule has 0 aromatic heterocycles. The molecule has 2 aliphatic heterocycles. The Bertz CT molecular complexity index is 1060. The van der Waals surface area contributed by atoms with Gasteiger partial charge in [0.15, 0.2) is 7.38 Å². The maximum absolute atomic E-state index is 7.00. The number of aliphatic hydroxyl groups is 1. The molecule has 1 N–H and O–H groups in total. The Balaban J connectivity index is -0.000000149. The summed E-state index contributed by atoms with van der Waals surface area (Å²) < 4.78 is 9.89. The molecule has 71 heavy (non-hydrogen) atoms. The summed E-state index contributed by atoms with van der Waals surface area (Å²) in [5, 5.41) is 7.00. The predicted octanol–water partition coefficient (Wildman–Crippen LogP) is 20.6. The van der Waals surface area contributed by atoms with Crippen LogP contribution in [0.15, 0.2) is 0 Å². The quantitative estimate of drug-likeness (QED) is 0.0724. The maximum Gasteiger partial charge on any atom is 1.00 e. The zero-order chi connectivity index (χ0) is 57.8. The first-order valence-electron chi connectivity index (χ1n) is 28.6. The minimum atomic E-state index is -1.51. The minimum absolute atomic E-state index is 0. The summed E-state index contributed by atoms with van der Waals surface area (Å²) in [6.45, 7) is 93.7. The van der Waals surface area contributed by atoms with Crippen LogP contribution in [-0.2, 0) is 9.47 Å². The van der Waals surface area contributed by atoms with Crippen molar-refractivity contribution in [3.05, 3.63) is 6.92 Å². The van der Waals surface area contributed by atoms with Crippen LogP contribution in [-0.4, -0.2) is 100 Å². The second-order valence-electron chi connectivity index (χ2n) is 28.2. The molecule has 1 atom stereocenters. The first-order chi connectivity index (χ1) is 31.1. The van der Waals surface area contributed by atoms with E-state index in [2.05, 4.69) is 245 Å². The molecule has 0 radical (unpaired) electrons. The molecule has 16 heteroatoms. The molecule has 0 amide bonds. The van der Waals surface area contributed by atoms with Gasteiger partial charge in [-0.05, 0) is 75.6 Å². The standard InChI is InChI=1S/C21H51PSi3.C9H21ClSi.C9H27PSi3.2C4H8O.C4H9.C3H11PSi.CH4O.Li/c1-16(2)24(17(3)4,18(5)6)22(23(13,14)15)25(19(7)8,20(9)10)21(11)12;1-7(2)11(10,8(3)4)9(5)6;1-11(2,3)10(12(4,5)6)13(7,8)9;2*1-2-4-5-3-1;1-3-4-2;1-5(2,3)4;1-2;/h16-21H,1-15H3;7-9H,1-6H3;1-9H3;2*1-4H2;1,3-4H2,2H3;4H2,1-3H3;2H,1H3;/q;;;;;-1;;;+1. The van der Waals surface area contributed by atoms with Gasteiger partial charge < -0.3 is 21.5 Å². The van der Waals surface area contributed by atoms with Crippen LogP contribution in [0.4, 0.5) is 0 Å². The fraction of sp³-hybridized carbons (Fsp3) is 0.982. The normalized spacial score (nSPS) is 15.0. The van der Waals surface area contributed by atoms with Gasteiger partial charge in [-0.3, -0.25) is 0 Å². The van der Waals surface area contributed by atoms with Crippen molar-refractivity contribution in [1.82, 2.24) is 0 Å². The molecule has 2 aliphatic rings. The number of aliphatic hydroxyl groups excluding tert-OH is 1. The van der Waals surface area contributed by atoms with Gasteiger partial charge >= 0.3 is 18.9 Å². The van der Waals surface area contributed by atoms with Crippen molar-refractivity contribution in [2.24, 2.45) is 0 Å². The molecular formula is C55H139ClLiO3P3Si8. The van der Waals surface area contributed by atoms with Crippen molar-refractivity contribution >= 4 is 94.6 Å². The van der Waals surface area contributed by atoms with E-state index in [0.29, 0.717) is 23.2 Å². The molecule has 0 bridgehead atoms. The van der Waals surface area contributed by atoms with Gasteiger partial charge in [-0.2, -0.15) is 17.5 Å². The van der Waals surface area contributed by atoms with Gasteiger partial charge in [0.2, 0.25) is 0 Å². The summed E-state index contributed by atoms with van der Waals surface area (Å²) in [5.74, 6) is 0. The fourth-order valence-electron chi connectivity index (χ4n) is 13.1. The Morgan fingerprint density at radius 2 is 0.577 bits per heavy atom. The molecule has 1 unspecified atom stereocenters. The van der Waals surface area contributed by atoms with Crippen molar-refractivity contribution in [2.45, 2.75) is 318 Å². The van der Waals surface area contributed by atoms with E-state index >= 15 is 0 Å². The largest absolute Gasteiger partial charge is 1.00 e. The van der Waals surface area contributed by atoms with Crippen LogP contribution in [0.5, 0.6) is 0 Å². The molecule has 0 spiro atoms. The zero-order valence-electron chi connectivity index (χ0n) is 56.1. The molecule has 2 fully saturated rings. The van der Waals surface area contributed by atoms with Crippen LogP contribution in [0.1, 0.15) is 170 Å². The van der Waals surface area contributed by atoms with Gasteiger partial charge in [0, 0.05) is 33.5 Å². The predicted molar refractivity (Wildman–Crippen MR) is 368 cm³/mol. The molecule has 2 rings (SSSR count). The van der Waals surface area contributed by atoms with Crippen molar-refractivity contribution in [2.75, 3.05) is 33.5 Å². The number of hydrogen-bond acceptors (Lipinski definition) is 3. The number of hydrogen-bond donors (Lipinski definition) is 1. The molecule has 432 valence electrons. The molecule has 0 aromatic rings. The summed E-state index contributed by atoms with van der Waals surface area (Å²) in [5.41, 5.74) is 7.52. The monoisotopic (exact) mass is 1210 g/mol. The number of halogens is 1. The van der Waals surface area contributed by atoms with Gasteiger partial charge in [-0.25, -0.2) is 0 Å². The summed E-state index contributed by atoms with van der Waals surface area (Å²) in [4.78, 5) is 0. The average molecular weight is 1210 g/mol. The minimum Gasteiger partial charge on any atom is -0.400 e. The third kappa shape index (κ3) is 34.6. The molecule has 0 aliphatic carbocycles. The summed E-state index contributed by atoms with van der Waals surface area (Å²) in [6.07, 6.45) is 7.39. The Labute approximate surface area is 482 Å². The van der Waals surface area contributed by atoms with Crippen LogP contribution in [0.25, 0.3) is 0 Å². The van der Waals surface area contributed by atoms with Gasteiger partial charge in [-0.1, -0.05) is 236 Å². The second-order valence-corrected chi connectivity index (χ2v) is 111. The Hall–Kier alpha value is 3.79. The zero-order valence-corrected chi connectivity index (χ0v) is 67.8. The van der Waals surface area contributed by atoms with E-state index in [0.717, 1.165) is 73.2 Å². The summed E-state index contributed by atoms with van der Waals surface area (Å²) >= 11 is 6.68. The third-order valence-electron chi connectivity index (χ3n) is 13.7. The van der Waals surface area contributed by atoms with E-state index in [-0.39, 0.29) is 25.4 Å². The van der Waals surface area contributed by atoms with E-state index in [1.807, 2.05) is 0 Å². The summed E-state index contributed by atoms with van der Waals surface area (Å²) in [7, 11) is -5.06. The second kappa shape index (κ2) is 41.7. The third-order valence-corrected chi connectivity index (χ3v) is 133. The topological polar surface area (TPSA) is 38.7 Å². The Morgan fingerprint density at radius 1 is 0.423 bits per heavy atom. The van der Waals surface area contributed by atoms with E-state index < -0.39 is 61.6 Å². The van der Waals surface area contributed by atoms with Gasteiger partial charge in [-0.15, -0.1) is 21.9 Å². The van der Waals surface area contributed by atoms with Crippen LogP contribution in [0, 0.1) is 6.92 Å². The maximum atomic E-state index is 7.00. The van der Waals surface area contributed by atoms with E-state index in [9.17, 15) is 0 Å². The Morgan fingerprint density at radius 3 is 0.620 bits per heavy atom. The molecule has 2 saturated heterocycles. The molecular weight excluding hydrogens is 1070 g/mol. The van der Waals surface area contributed by atoms with E-state index in [1.165, 1.54) is 32.1 Å². The molecule has 3 nitrogen and oxygen atoms in total. The van der Waals surface area contributed by atoms with Gasteiger partial charge in [0.25, 0.3) is 0 Å². The number of rotatable bonds is 16. The first-order valence-corrected chi connectivity index (χ1v) is 63.4. The van der Waals surface area contributed by atoms with Crippen LogP contribution < -0.4 is 18.9 Å². The molecule has 2 heterocycles. The molecule has 0 aromatic carbocycles. The van der Waals surface area contributed by atoms with E-state index in [4.69, 9.17) is 25.7 Å². The van der Waals surface area contributed by atoms with Crippen LogP contribution in [0.3, 0.4) is 0 Å². The average Bonchev–Trinajstić information content (AvgIpc) is 3.93. The first kappa shape index (κ1) is 88.6. The number of ether oxygens (including phenoxy) is 2. The van der Waals surface area contributed by atoms with Crippen molar-refractivity contribution in [1.29, 1.82) is 0 Å². The van der Waals surface area contributed by atoms with Crippen molar-refractivity contribution < 1.29 is 33.4 Å². The van der Waals surface area contributed by atoms with Crippen molar-refractivity contribution in [3.8, 4) is 0 Å². The molecule has 0 saturated carbocycles.